The molecule has 0 saturated carbocycles. The first-order chi connectivity index (χ1) is 12.7. The van der Waals surface area contributed by atoms with E-state index in [2.05, 4.69) is 27.1 Å². The van der Waals surface area contributed by atoms with Crippen molar-refractivity contribution < 1.29 is 4.79 Å². The molecule has 1 fully saturated rings. The summed E-state index contributed by atoms with van der Waals surface area (Å²) in [6, 6.07) is 7.98. The van der Waals surface area contributed by atoms with Crippen LogP contribution in [-0.4, -0.2) is 52.3 Å². The Kier molecular flexibility index (Phi) is 6.49. The number of aromatic nitrogens is 2. The lowest BCUT2D eigenvalue weighted by Crippen LogP contribution is -2.49. The number of benzene rings is 1. The van der Waals surface area contributed by atoms with Crippen LogP contribution < -0.4 is 10.6 Å². The average molecular weight is 372 g/mol. The molecule has 0 radical (unpaired) electrons. The smallest absolute Gasteiger partial charge is 0.238 e. The normalized spacial score (nSPS) is 17.8. The standard InChI is InChI=1S/C19H25N5OS/c1-3-12-26-17-7-5-4-6-15(17)22-18(25)14-24-11-8-20-13-16(24)19-21-9-10-23(19)2/h3-7,9-10,16,20H,1,8,11-14H2,2H3,(H,22,25). The van der Waals surface area contributed by atoms with Crippen LogP contribution in [-0.2, 0) is 11.8 Å². The van der Waals surface area contributed by atoms with Crippen molar-refractivity contribution in [2.75, 3.05) is 37.2 Å². The maximum Gasteiger partial charge on any atom is 0.238 e. The summed E-state index contributed by atoms with van der Waals surface area (Å²) in [7, 11) is 1.99. The molecule has 2 aromatic rings. The third kappa shape index (κ3) is 4.55. The van der Waals surface area contributed by atoms with Gasteiger partial charge in [0.15, 0.2) is 0 Å². The molecule has 1 aliphatic rings. The third-order valence-corrected chi connectivity index (χ3v) is 5.44. The van der Waals surface area contributed by atoms with Gasteiger partial charge in [0.1, 0.15) is 5.82 Å². The minimum absolute atomic E-state index is 0.00207. The van der Waals surface area contributed by atoms with Crippen LogP contribution in [0.5, 0.6) is 0 Å². The number of aryl methyl sites for hydroxylation is 1. The lowest BCUT2D eigenvalue weighted by Gasteiger charge is -2.35. The Bertz CT molecular complexity index is 760. The summed E-state index contributed by atoms with van der Waals surface area (Å²) in [4.78, 5) is 20.4. The van der Waals surface area contributed by atoms with Crippen LogP contribution in [0.1, 0.15) is 11.9 Å². The Balaban J connectivity index is 1.67. The quantitative estimate of drug-likeness (QED) is 0.578. The van der Waals surface area contributed by atoms with Gasteiger partial charge in [0.2, 0.25) is 5.91 Å². The van der Waals surface area contributed by atoms with Gasteiger partial charge in [0.05, 0.1) is 18.3 Å². The zero-order valence-electron chi connectivity index (χ0n) is 15.0. The van der Waals surface area contributed by atoms with E-state index in [1.54, 1.807) is 18.0 Å². The second-order valence-electron chi connectivity index (χ2n) is 6.23. The summed E-state index contributed by atoms with van der Waals surface area (Å²) in [5.41, 5.74) is 0.855. The zero-order valence-corrected chi connectivity index (χ0v) is 15.8. The molecule has 6 nitrogen and oxygen atoms in total. The molecule has 3 rings (SSSR count). The zero-order chi connectivity index (χ0) is 18.4. The summed E-state index contributed by atoms with van der Waals surface area (Å²) in [5.74, 6) is 1.79. The molecule has 1 aromatic carbocycles. The predicted molar refractivity (Wildman–Crippen MR) is 106 cm³/mol. The molecule has 1 amide bonds. The van der Waals surface area contributed by atoms with Gasteiger partial charge in [0.25, 0.3) is 0 Å². The molecule has 2 heterocycles. The Hall–Kier alpha value is -2.09. The summed E-state index contributed by atoms with van der Waals surface area (Å²) in [6.07, 6.45) is 5.60. The van der Waals surface area contributed by atoms with Crippen molar-refractivity contribution in [3.8, 4) is 0 Å². The van der Waals surface area contributed by atoms with E-state index in [1.165, 1.54) is 0 Å². The maximum atomic E-state index is 12.7. The Morgan fingerprint density at radius 2 is 2.35 bits per heavy atom. The van der Waals surface area contributed by atoms with Gasteiger partial charge in [-0.3, -0.25) is 9.69 Å². The number of nitrogens with one attached hydrogen (secondary N) is 2. The van der Waals surface area contributed by atoms with Crippen molar-refractivity contribution in [1.29, 1.82) is 0 Å². The highest BCUT2D eigenvalue weighted by Crippen LogP contribution is 2.27. The highest BCUT2D eigenvalue weighted by molar-refractivity contribution is 7.99. The predicted octanol–water partition coefficient (Wildman–Crippen LogP) is 2.28. The number of nitrogens with zero attached hydrogens (tertiary/aromatic N) is 3. The van der Waals surface area contributed by atoms with Crippen molar-refractivity contribution in [2.24, 2.45) is 7.05 Å². The van der Waals surface area contributed by atoms with E-state index in [-0.39, 0.29) is 11.9 Å². The number of thioether (sulfide) groups is 1. The van der Waals surface area contributed by atoms with Crippen LogP contribution >= 0.6 is 11.8 Å². The Morgan fingerprint density at radius 3 is 3.12 bits per heavy atom. The molecule has 2 N–H and O–H groups in total. The lowest BCUT2D eigenvalue weighted by atomic mass is 10.1. The number of carbonyl (C=O) groups is 1. The third-order valence-electron chi connectivity index (χ3n) is 4.38. The van der Waals surface area contributed by atoms with Gasteiger partial charge in [-0.05, 0) is 12.1 Å². The second kappa shape index (κ2) is 9.02. The van der Waals surface area contributed by atoms with Gasteiger partial charge >= 0.3 is 0 Å². The first kappa shape index (κ1) is 18.7. The lowest BCUT2D eigenvalue weighted by molar-refractivity contribution is -0.118. The average Bonchev–Trinajstić information content (AvgIpc) is 3.07. The number of carbonyl (C=O) groups excluding carboxylic acids is 1. The Labute approximate surface area is 158 Å². The number of para-hydroxylation sites is 1. The number of rotatable bonds is 7. The molecule has 138 valence electrons. The highest BCUT2D eigenvalue weighted by Gasteiger charge is 2.28. The van der Waals surface area contributed by atoms with Crippen LogP contribution in [0.25, 0.3) is 0 Å². The van der Waals surface area contributed by atoms with Gasteiger partial charge in [-0.1, -0.05) is 18.2 Å². The molecule has 1 aromatic heterocycles. The number of anilines is 1. The van der Waals surface area contributed by atoms with Gasteiger partial charge in [-0.25, -0.2) is 4.98 Å². The van der Waals surface area contributed by atoms with Gasteiger partial charge in [-0.15, -0.1) is 18.3 Å². The van der Waals surface area contributed by atoms with Crippen molar-refractivity contribution in [2.45, 2.75) is 10.9 Å². The summed E-state index contributed by atoms with van der Waals surface area (Å²) in [6.45, 7) is 6.59. The minimum atomic E-state index is -0.00207. The first-order valence-electron chi connectivity index (χ1n) is 8.73. The second-order valence-corrected chi connectivity index (χ2v) is 7.29. The fourth-order valence-electron chi connectivity index (χ4n) is 3.11. The molecular formula is C19H25N5OS. The molecule has 7 heteroatoms. The van der Waals surface area contributed by atoms with Crippen molar-refractivity contribution >= 4 is 23.4 Å². The molecule has 0 bridgehead atoms. The van der Waals surface area contributed by atoms with Crippen LogP contribution in [0, 0.1) is 0 Å². The van der Waals surface area contributed by atoms with Crippen LogP contribution in [0.2, 0.25) is 0 Å². The van der Waals surface area contributed by atoms with Crippen molar-refractivity contribution in [1.82, 2.24) is 19.8 Å². The number of amides is 1. The van der Waals surface area contributed by atoms with Gasteiger partial charge in [-0.2, -0.15) is 0 Å². The van der Waals surface area contributed by atoms with E-state index >= 15 is 0 Å². The first-order valence-corrected chi connectivity index (χ1v) is 9.72. The molecule has 1 atom stereocenters. The van der Waals surface area contributed by atoms with E-state index in [1.807, 2.05) is 48.2 Å². The summed E-state index contributed by atoms with van der Waals surface area (Å²) < 4.78 is 2.02. The van der Waals surface area contributed by atoms with Gasteiger partial charge < -0.3 is 15.2 Å². The van der Waals surface area contributed by atoms with Gasteiger partial charge in [0, 0.05) is 49.7 Å². The SMILES string of the molecule is C=CCSc1ccccc1NC(=O)CN1CCNCC1c1nccn1C. The van der Waals surface area contributed by atoms with Crippen molar-refractivity contribution in [3.63, 3.8) is 0 Å². The molecule has 0 spiro atoms. The van der Waals surface area contributed by atoms with Crippen LogP contribution in [0.3, 0.4) is 0 Å². The van der Waals surface area contributed by atoms with Crippen LogP contribution in [0.15, 0.2) is 54.2 Å². The van der Waals surface area contributed by atoms with E-state index in [0.29, 0.717) is 6.54 Å². The van der Waals surface area contributed by atoms with E-state index in [9.17, 15) is 4.79 Å². The fraction of sp³-hybridized carbons (Fsp3) is 0.368. The molecular weight excluding hydrogens is 346 g/mol. The molecule has 0 aliphatic carbocycles. The van der Waals surface area contributed by atoms with Crippen molar-refractivity contribution in [3.05, 3.63) is 55.1 Å². The Morgan fingerprint density at radius 1 is 1.50 bits per heavy atom. The molecule has 1 saturated heterocycles. The number of imidazole rings is 1. The monoisotopic (exact) mass is 371 g/mol. The van der Waals surface area contributed by atoms with E-state index < -0.39 is 0 Å². The number of hydrogen-bond acceptors (Lipinski definition) is 5. The van der Waals surface area contributed by atoms with Crippen LogP contribution in [0.4, 0.5) is 5.69 Å². The summed E-state index contributed by atoms with van der Waals surface area (Å²) >= 11 is 1.67. The largest absolute Gasteiger partial charge is 0.337 e. The molecule has 1 aliphatic heterocycles. The fourth-order valence-corrected chi connectivity index (χ4v) is 3.85. The molecule has 1 unspecified atom stereocenters. The topological polar surface area (TPSA) is 62.2 Å². The molecule has 26 heavy (non-hydrogen) atoms. The van der Waals surface area contributed by atoms with E-state index in [0.717, 1.165) is 41.8 Å². The maximum absolute atomic E-state index is 12.7. The highest BCUT2D eigenvalue weighted by atomic mass is 32.2. The minimum Gasteiger partial charge on any atom is -0.337 e. The number of piperazine rings is 1. The number of hydrogen-bond donors (Lipinski definition) is 2. The van der Waals surface area contributed by atoms with E-state index in [4.69, 9.17) is 0 Å². The summed E-state index contributed by atoms with van der Waals surface area (Å²) in [5, 5.41) is 6.46.